The van der Waals surface area contributed by atoms with Crippen molar-refractivity contribution in [1.82, 2.24) is 0 Å². The molecule has 1 rings (SSSR count). The third-order valence-electron chi connectivity index (χ3n) is 1.57. The highest BCUT2D eigenvalue weighted by Gasteiger charge is 2.10. The molecular formula is C10H5BrN2O2. The maximum absolute atomic E-state index is 10.7. The van der Waals surface area contributed by atoms with E-state index in [1.807, 2.05) is 12.1 Å². The van der Waals surface area contributed by atoms with Crippen molar-refractivity contribution < 1.29 is 9.53 Å². The lowest BCUT2D eigenvalue weighted by atomic mass is 10.1. The molecule has 74 valence electrons. The molecule has 0 saturated heterocycles. The van der Waals surface area contributed by atoms with Gasteiger partial charge >= 0.3 is 5.97 Å². The Hall–Kier alpha value is -1.85. The molecule has 0 amide bonds. The SMILES string of the molecule is CC(=O)Oc1cc(C#N)c(C#N)cc1Br. The minimum absolute atomic E-state index is 0.178. The van der Waals surface area contributed by atoms with Crippen LogP contribution in [0.25, 0.3) is 0 Å². The zero-order valence-electron chi connectivity index (χ0n) is 7.74. The van der Waals surface area contributed by atoms with Gasteiger partial charge in [0.2, 0.25) is 0 Å². The zero-order valence-corrected chi connectivity index (χ0v) is 9.33. The topological polar surface area (TPSA) is 73.9 Å². The van der Waals surface area contributed by atoms with Crippen LogP contribution in [0.2, 0.25) is 0 Å². The molecule has 0 heterocycles. The molecule has 0 spiro atoms. The van der Waals surface area contributed by atoms with E-state index in [2.05, 4.69) is 15.9 Å². The van der Waals surface area contributed by atoms with Crippen LogP contribution < -0.4 is 4.74 Å². The van der Waals surface area contributed by atoms with E-state index in [0.717, 1.165) is 0 Å². The van der Waals surface area contributed by atoms with Gasteiger partial charge in [0.25, 0.3) is 0 Å². The maximum Gasteiger partial charge on any atom is 0.308 e. The van der Waals surface area contributed by atoms with Gasteiger partial charge in [-0.3, -0.25) is 4.79 Å². The van der Waals surface area contributed by atoms with Crippen LogP contribution in [0.4, 0.5) is 0 Å². The van der Waals surface area contributed by atoms with E-state index < -0.39 is 5.97 Å². The lowest BCUT2D eigenvalue weighted by Gasteiger charge is -2.05. The highest BCUT2D eigenvalue weighted by Crippen LogP contribution is 2.28. The molecule has 1 aromatic carbocycles. The van der Waals surface area contributed by atoms with Crippen LogP contribution in [0.3, 0.4) is 0 Å². The van der Waals surface area contributed by atoms with E-state index in [0.29, 0.717) is 4.47 Å². The molecule has 1 aromatic rings. The van der Waals surface area contributed by atoms with Crippen LogP contribution in [0.1, 0.15) is 18.1 Å². The number of halogens is 1. The fourth-order valence-corrected chi connectivity index (χ4v) is 1.40. The van der Waals surface area contributed by atoms with Crippen molar-refractivity contribution in [3.8, 4) is 17.9 Å². The Labute approximate surface area is 94.8 Å². The van der Waals surface area contributed by atoms with E-state index in [9.17, 15) is 4.79 Å². The molecule has 4 nitrogen and oxygen atoms in total. The minimum atomic E-state index is -0.482. The fraction of sp³-hybridized carbons (Fsp3) is 0.100. The van der Waals surface area contributed by atoms with Gasteiger partial charge in [0, 0.05) is 13.0 Å². The number of benzene rings is 1. The Bertz CT molecular complexity index is 497. The van der Waals surface area contributed by atoms with Crippen molar-refractivity contribution in [1.29, 1.82) is 10.5 Å². The van der Waals surface area contributed by atoms with Crippen molar-refractivity contribution in [2.24, 2.45) is 0 Å². The van der Waals surface area contributed by atoms with E-state index >= 15 is 0 Å². The lowest BCUT2D eigenvalue weighted by molar-refractivity contribution is -0.131. The number of nitrogens with zero attached hydrogens (tertiary/aromatic N) is 2. The summed E-state index contributed by atoms with van der Waals surface area (Å²) in [6, 6.07) is 6.52. The molecule has 0 aliphatic heterocycles. The average Bonchev–Trinajstić information content (AvgIpc) is 2.19. The molecule has 0 fully saturated rings. The van der Waals surface area contributed by atoms with Gasteiger partial charge in [0.15, 0.2) is 0 Å². The van der Waals surface area contributed by atoms with Crippen molar-refractivity contribution in [3.63, 3.8) is 0 Å². The first-order chi connectivity index (χ1) is 7.08. The van der Waals surface area contributed by atoms with Gasteiger partial charge in [-0.05, 0) is 22.0 Å². The van der Waals surface area contributed by atoms with Crippen LogP contribution in [-0.2, 0) is 4.79 Å². The number of ether oxygens (including phenoxy) is 1. The largest absolute Gasteiger partial charge is 0.425 e. The molecule has 0 atom stereocenters. The summed E-state index contributed by atoms with van der Waals surface area (Å²) < 4.78 is 5.31. The van der Waals surface area contributed by atoms with Crippen molar-refractivity contribution in [3.05, 3.63) is 27.7 Å². The fourth-order valence-electron chi connectivity index (χ4n) is 0.971. The molecule has 0 bridgehead atoms. The highest BCUT2D eigenvalue weighted by atomic mass is 79.9. The Balaban J connectivity index is 3.29. The molecule has 0 aromatic heterocycles. The van der Waals surface area contributed by atoms with E-state index in [4.69, 9.17) is 15.3 Å². The average molecular weight is 265 g/mol. The molecular weight excluding hydrogens is 260 g/mol. The number of carbonyl (C=O) groups excluding carboxylic acids is 1. The van der Waals surface area contributed by atoms with Gasteiger partial charge in [-0.15, -0.1) is 0 Å². The van der Waals surface area contributed by atoms with Crippen LogP contribution in [-0.4, -0.2) is 5.97 Å². The Morgan fingerprint density at radius 2 is 1.87 bits per heavy atom. The molecule has 0 aliphatic rings. The quantitative estimate of drug-likeness (QED) is 0.575. The van der Waals surface area contributed by atoms with Crippen LogP contribution in [0.15, 0.2) is 16.6 Å². The Morgan fingerprint density at radius 1 is 1.33 bits per heavy atom. The van der Waals surface area contributed by atoms with Gasteiger partial charge in [-0.1, -0.05) is 0 Å². The normalized spacial score (nSPS) is 8.80. The zero-order chi connectivity index (χ0) is 11.4. The highest BCUT2D eigenvalue weighted by molar-refractivity contribution is 9.10. The smallest absolute Gasteiger partial charge is 0.308 e. The number of hydrogen-bond acceptors (Lipinski definition) is 4. The number of hydrogen-bond donors (Lipinski definition) is 0. The van der Waals surface area contributed by atoms with Crippen molar-refractivity contribution in [2.45, 2.75) is 6.92 Å². The minimum Gasteiger partial charge on any atom is -0.425 e. The number of rotatable bonds is 1. The second kappa shape index (κ2) is 4.59. The summed E-state index contributed by atoms with van der Waals surface area (Å²) in [5.74, 6) is -0.248. The molecule has 0 saturated carbocycles. The molecule has 0 N–H and O–H groups in total. The van der Waals surface area contributed by atoms with Crippen LogP contribution in [0.5, 0.6) is 5.75 Å². The summed E-state index contributed by atoms with van der Waals surface area (Å²) in [6.07, 6.45) is 0. The summed E-state index contributed by atoms with van der Waals surface area (Å²) in [7, 11) is 0. The number of nitriles is 2. The summed E-state index contributed by atoms with van der Waals surface area (Å²) in [5.41, 5.74) is 0.414. The predicted octanol–water partition coefficient (Wildman–Crippen LogP) is 2.12. The van der Waals surface area contributed by atoms with Gasteiger partial charge in [0.05, 0.1) is 15.6 Å². The van der Waals surface area contributed by atoms with Crippen LogP contribution in [0, 0.1) is 22.7 Å². The van der Waals surface area contributed by atoms with E-state index in [1.54, 1.807) is 0 Å². The van der Waals surface area contributed by atoms with Gasteiger partial charge in [-0.2, -0.15) is 10.5 Å². The number of carbonyl (C=O) groups is 1. The third-order valence-corrected chi connectivity index (χ3v) is 2.19. The summed E-state index contributed by atoms with van der Waals surface area (Å²) in [4.78, 5) is 10.7. The summed E-state index contributed by atoms with van der Waals surface area (Å²) in [6.45, 7) is 1.26. The molecule has 5 heteroatoms. The first-order valence-electron chi connectivity index (χ1n) is 3.90. The Morgan fingerprint density at radius 3 is 2.33 bits per heavy atom. The van der Waals surface area contributed by atoms with Gasteiger partial charge < -0.3 is 4.74 Å². The first kappa shape index (κ1) is 11.2. The second-order valence-corrected chi connectivity index (χ2v) is 3.50. The maximum atomic E-state index is 10.7. The third kappa shape index (κ3) is 2.55. The lowest BCUT2D eigenvalue weighted by Crippen LogP contribution is -2.02. The van der Waals surface area contributed by atoms with Crippen molar-refractivity contribution >= 4 is 21.9 Å². The number of esters is 1. The van der Waals surface area contributed by atoms with Gasteiger partial charge in [-0.25, -0.2) is 0 Å². The Kier molecular flexibility index (Phi) is 3.43. The van der Waals surface area contributed by atoms with E-state index in [1.165, 1.54) is 19.1 Å². The monoisotopic (exact) mass is 264 g/mol. The van der Waals surface area contributed by atoms with Crippen molar-refractivity contribution in [2.75, 3.05) is 0 Å². The second-order valence-electron chi connectivity index (χ2n) is 2.65. The predicted molar refractivity (Wildman–Crippen MR) is 54.9 cm³/mol. The molecule has 0 radical (unpaired) electrons. The molecule has 15 heavy (non-hydrogen) atoms. The first-order valence-corrected chi connectivity index (χ1v) is 4.70. The van der Waals surface area contributed by atoms with E-state index in [-0.39, 0.29) is 16.9 Å². The molecule has 0 unspecified atom stereocenters. The van der Waals surface area contributed by atoms with Gasteiger partial charge in [0.1, 0.15) is 17.9 Å². The summed E-state index contributed by atoms with van der Waals surface area (Å²) >= 11 is 3.14. The standard InChI is InChI=1S/C10H5BrN2O2/c1-6(14)15-10-3-8(5-13)7(4-12)2-9(10)11/h2-3H,1H3. The molecule has 0 aliphatic carbocycles. The van der Waals surface area contributed by atoms with Crippen LogP contribution >= 0.6 is 15.9 Å². The summed E-state index contributed by atoms with van der Waals surface area (Å²) in [5, 5.41) is 17.5.